The van der Waals surface area contributed by atoms with Gasteiger partial charge in [0.05, 0.1) is 12.0 Å². The average molecular weight is 527 g/mol. The zero-order chi connectivity index (χ0) is 23.6. The number of hydrogen-bond acceptors (Lipinski definition) is 8. The van der Waals surface area contributed by atoms with Crippen LogP contribution < -0.4 is 10.2 Å². The van der Waals surface area contributed by atoms with Crippen LogP contribution in [0.4, 0.5) is 0 Å². The first kappa shape index (κ1) is 24.3. The normalized spacial score (nSPS) is 11.0. The van der Waals surface area contributed by atoms with Gasteiger partial charge in [0.2, 0.25) is 0 Å². The van der Waals surface area contributed by atoms with Crippen molar-refractivity contribution in [3.05, 3.63) is 95.0 Å². The van der Waals surface area contributed by atoms with Gasteiger partial charge in [-0.25, -0.2) is 5.43 Å². The molecule has 0 aliphatic rings. The minimum Gasteiger partial charge on any atom is -0.457 e. The Kier molecular flexibility index (Phi) is 8.97. The van der Waals surface area contributed by atoms with Crippen LogP contribution >= 0.6 is 46.5 Å². The van der Waals surface area contributed by atoms with E-state index in [0.29, 0.717) is 5.75 Å². The molecule has 3 aromatic carbocycles. The van der Waals surface area contributed by atoms with Gasteiger partial charge in [-0.05, 0) is 47.5 Å². The van der Waals surface area contributed by atoms with Crippen molar-refractivity contribution in [3.63, 3.8) is 0 Å². The van der Waals surface area contributed by atoms with E-state index in [0.717, 1.165) is 36.3 Å². The highest BCUT2D eigenvalue weighted by molar-refractivity contribution is 8.03. The summed E-state index contributed by atoms with van der Waals surface area (Å²) in [7, 11) is 0. The smallest absolute Gasteiger partial charge is 0.250 e. The number of carbonyl (C=O) groups excluding carboxylic acids is 1. The molecule has 0 atom stereocenters. The maximum absolute atomic E-state index is 12.1. The molecule has 4 rings (SSSR count). The van der Waals surface area contributed by atoms with Crippen molar-refractivity contribution in [3.8, 4) is 11.5 Å². The molecular formula is C24H19ClN4O2S3. The Morgan fingerprint density at radius 1 is 0.971 bits per heavy atom. The molecule has 1 heterocycles. The number of ether oxygens (including phenoxy) is 1. The van der Waals surface area contributed by atoms with E-state index in [2.05, 4.69) is 20.7 Å². The van der Waals surface area contributed by atoms with Gasteiger partial charge in [0.1, 0.15) is 11.5 Å². The molecule has 172 valence electrons. The predicted molar refractivity (Wildman–Crippen MR) is 140 cm³/mol. The summed E-state index contributed by atoms with van der Waals surface area (Å²) in [6, 6.07) is 24.7. The molecule has 10 heteroatoms. The summed E-state index contributed by atoms with van der Waals surface area (Å²) in [5.74, 6) is 2.21. The topological polar surface area (TPSA) is 76.5 Å². The van der Waals surface area contributed by atoms with Crippen molar-refractivity contribution in [2.75, 3.05) is 5.75 Å². The third kappa shape index (κ3) is 7.88. The predicted octanol–water partition coefficient (Wildman–Crippen LogP) is 6.52. The third-order valence-electron chi connectivity index (χ3n) is 4.23. The molecule has 0 fully saturated rings. The number of nitrogens with zero attached hydrogens (tertiary/aromatic N) is 3. The number of hydrazone groups is 1. The van der Waals surface area contributed by atoms with Crippen molar-refractivity contribution < 1.29 is 9.53 Å². The molecule has 0 spiro atoms. The van der Waals surface area contributed by atoms with Crippen LogP contribution in [-0.4, -0.2) is 28.1 Å². The number of halogens is 1. The standard InChI is InChI=1S/C24H19ClN4O2S3/c25-19-11-9-17(10-12-19)15-32-23-28-29-24(34-23)33-16-22(30)27-26-14-18-5-4-8-21(13-18)31-20-6-2-1-3-7-20/h1-14H,15-16H2,(H,27,30). The molecule has 1 N–H and O–H groups in total. The van der Waals surface area contributed by atoms with Crippen LogP contribution in [0.15, 0.2) is 92.6 Å². The summed E-state index contributed by atoms with van der Waals surface area (Å²) in [6.45, 7) is 0. The number of nitrogens with one attached hydrogen (secondary N) is 1. The maximum Gasteiger partial charge on any atom is 0.250 e. The highest BCUT2D eigenvalue weighted by atomic mass is 35.5. The van der Waals surface area contributed by atoms with Crippen LogP contribution in [0, 0.1) is 0 Å². The van der Waals surface area contributed by atoms with Gasteiger partial charge in [0, 0.05) is 10.8 Å². The Morgan fingerprint density at radius 2 is 1.71 bits per heavy atom. The van der Waals surface area contributed by atoms with Crippen molar-refractivity contribution in [1.82, 2.24) is 15.6 Å². The monoisotopic (exact) mass is 526 g/mol. The second kappa shape index (κ2) is 12.6. The Balaban J connectivity index is 1.20. The minimum absolute atomic E-state index is 0.199. The van der Waals surface area contributed by atoms with Crippen LogP contribution in [0.1, 0.15) is 11.1 Å². The quantitative estimate of drug-likeness (QED) is 0.144. The summed E-state index contributed by atoms with van der Waals surface area (Å²) in [5.41, 5.74) is 4.51. The third-order valence-corrected chi connectivity index (χ3v) is 7.74. The van der Waals surface area contributed by atoms with Gasteiger partial charge in [0.25, 0.3) is 5.91 Å². The number of benzene rings is 3. The SMILES string of the molecule is O=C(CSc1nnc(SCc2ccc(Cl)cc2)s1)NN=Cc1cccc(Oc2ccccc2)c1. The van der Waals surface area contributed by atoms with Crippen molar-refractivity contribution >= 4 is 58.6 Å². The highest BCUT2D eigenvalue weighted by Gasteiger charge is 2.09. The number of rotatable bonds is 10. The van der Waals surface area contributed by atoms with Gasteiger partial charge in [-0.1, -0.05) is 88.9 Å². The summed E-state index contributed by atoms with van der Waals surface area (Å²) in [4.78, 5) is 12.1. The molecule has 1 aromatic heterocycles. The second-order valence-corrected chi connectivity index (χ2v) is 10.7. The van der Waals surface area contributed by atoms with Crippen LogP contribution in [0.3, 0.4) is 0 Å². The van der Waals surface area contributed by atoms with Gasteiger partial charge >= 0.3 is 0 Å². The molecule has 1 amide bonds. The van der Waals surface area contributed by atoms with Crippen LogP contribution in [-0.2, 0) is 10.5 Å². The van der Waals surface area contributed by atoms with Crippen LogP contribution in [0.25, 0.3) is 0 Å². The van der Waals surface area contributed by atoms with Gasteiger partial charge < -0.3 is 4.74 Å². The molecule has 4 aromatic rings. The van der Waals surface area contributed by atoms with E-state index >= 15 is 0 Å². The lowest BCUT2D eigenvalue weighted by Gasteiger charge is -2.05. The lowest BCUT2D eigenvalue weighted by molar-refractivity contribution is -0.118. The van der Waals surface area contributed by atoms with Crippen molar-refractivity contribution in [2.24, 2.45) is 5.10 Å². The van der Waals surface area contributed by atoms with E-state index in [1.165, 1.54) is 23.1 Å². The van der Waals surface area contributed by atoms with Crippen molar-refractivity contribution in [2.45, 2.75) is 14.4 Å². The van der Waals surface area contributed by atoms with E-state index in [1.807, 2.05) is 78.9 Å². The number of para-hydroxylation sites is 1. The lowest BCUT2D eigenvalue weighted by Crippen LogP contribution is -2.19. The summed E-state index contributed by atoms with van der Waals surface area (Å²) in [5, 5.41) is 13.1. The second-order valence-electron chi connectivity index (χ2n) is 6.82. The number of thioether (sulfide) groups is 2. The van der Waals surface area contributed by atoms with Gasteiger partial charge in [-0.15, -0.1) is 10.2 Å². The fourth-order valence-corrected chi connectivity index (χ4v) is 5.56. The number of aromatic nitrogens is 2. The Bertz CT molecular complexity index is 1250. The Hall–Kier alpha value is -2.85. The first-order chi connectivity index (χ1) is 16.6. The Labute approximate surface area is 214 Å². The first-order valence-electron chi connectivity index (χ1n) is 10.1. The largest absolute Gasteiger partial charge is 0.457 e. The molecule has 0 bridgehead atoms. The number of hydrogen-bond donors (Lipinski definition) is 1. The summed E-state index contributed by atoms with van der Waals surface area (Å²) in [6.07, 6.45) is 1.58. The average Bonchev–Trinajstić information content (AvgIpc) is 3.31. The zero-order valence-corrected chi connectivity index (χ0v) is 21.0. The molecule has 0 radical (unpaired) electrons. The minimum atomic E-state index is -0.219. The molecule has 0 unspecified atom stereocenters. The Morgan fingerprint density at radius 3 is 2.50 bits per heavy atom. The van der Waals surface area contributed by atoms with E-state index in [1.54, 1.807) is 18.0 Å². The van der Waals surface area contributed by atoms with Crippen LogP contribution in [0.2, 0.25) is 5.02 Å². The van der Waals surface area contributed by atoms with Crippen molar-refractivity contribution in [1.29, 1.82) is 0 Å². The van der Waals surface area contributed by atoms with Gasteiger partial charge in [-0.2, -0.15) is 5.10 Å². The molecular weight excluding hydrogens is 508 g/mol. The first-order valence-corrected chi connectivity index (χ1v) is 13.3. The molecule has 0 saturated carbocycles. The molecule has 0 saturated heterocycles. The van der Waals surface area contributed by atoms with Gasteiger partial charge in [0.15, 0.2) is 8.68 Å². The fraction of sp³-hybridized carbons (Fsp3) is 0.0833. The number of carbonyl (C=O) groups is 1. The maximum atomic E-state index is 12.1. The zero-order valence-electron chi connectivity index (χ0n) is 17.8. The molecule has 6 nitrogen and oxygen atoms in total. The fourth-order valence-electron chi connectivity index (χ4n) is 2.66. The summed E-state index contributed by atoms with van der Waals surface area (Å²) >= 11 is 10.3. The molecule has 0 aliphatic carbocycles. The molecule has 34 heavy (non-hydrogen) atoms. The van der Waals surface area contributed by atoms with E-state index in [4.69, 9.17) is 16.3 Å². The number of amides is 1. The lowest BCUT2D eigenvalue weighted by atomic mass is 10.2. The van der Waals surface area contributed by atoms with Crippen LogP contribution in [0.5, 0.6) is 11.5 Å². The van der Waals surface area contributed by atoms with E-state index in [-0.39, 0.29) is 11.7 Å². The van der Waals surface area contributed by atoms with E-state index in [9.17, 15) is 4.79 Å². The highest BCUT2D eigenvalue weighted by Crippen LogP contribution is 2.30. The van der Waals surface area contributed by atoms with E-state index < -0.39 is 0 Å². The van der Waals surface area contributed by atoms with Gasteiger partial charge in [-0.3, -0.25) is 4.79 Å². The summed E-state index contributed by atoms with van der Waals surface area (Å²) < 4.78 is 7.41. The molecule has 0 aliphatic heterocycles.